The predicted octanol–water partition coefficient (Wildman–Crippen LogP) is 2.79. The summed E-state index contributed by atoms with van der Waals surface area (Å²) in [6, 6.07) is 8.28. The fourth-order valence-corrected chi connectivity index (χ4v) is 1.78. The van der Waals surface area contributed by atoms with Gasteiger partial charge in [0.25, 0.3) is 0 Å². The first-order valence-corrected chi connectivity index (χ1v) is 5.67. The summed E-state index contributed by atoms with van der Waals surface area (Å²) in [5.41, 5.74) is 7.13. The highest BCUT2D eigenvalue weighted by Crippen LogP contribution is 2.18. The number of anilines is 1. The second kappa shape index (κ2) is 4.57. The Morgan fingerprint density at radius 1 is 1.35 bits per heavy atom. The molecule has 0 atom stereocenters. The normalized spacial score (nSPS) is 11.1. The van der Waals surface area contributed by atoms with Crippen LogP contribution in [0.4, 0.5) is 10.2 Å². The van der Waals surface area contributed by atoms with Gasteiger partial charge in [0.1, 0.15) is 17.3 Å². The molecule has 2 rings (SSSR count). The van der Waals surface area contributed by atoms with Gasteiger partial charge in [0.15, 0.2) is 0 Å². The van der Waals surface area contributed by atoms with Crippen LogP contribution in [0.25, 0.3) is 5.69 Å². The number of aromatic nitrogens is 2. The number of nitrogens with two attached hydrogens (primary N) is 1. The third-order valence-electron chi connectivity index (χ3n) is 2.49. The average Bonchev–Trinajstić information content (AvgIpc) is 2.59. The molecule has 0 aliphatic heterocycles. The van der Waals surface area contributed by atoms with Crippen LogP contribution < -0.4 is 5.73 Å². The van der Waals surface area contributed by atoms with E-state index in [0.29, 0.717) is 17.4 Å². The van der Waals surface area contributed by atoms with Crippen LogP contribution in [0.5, 0.6) is 0 Å². The minimum Gasteiger partial charge on any atom is -0.384 e. The molecule has 0 spiro atoms. The van der Waals surface area contributed by atoms with Crippen molar-refractivity contribution in [1.82, 2.24) is 9.78 Å². The Hall–Kier alpha value is -1.84. The largest absolute Gasteiger partial charge is 0.384 e. The minimum atomic E-state index is -0.321. The number of nitrogens with zero attached hydrogens (tertiary/aromatic N) is 2. The van der Waals surface area contributed by atoms with E-state index in [9.17, 15) is 4.39 Å². The lowest BCUT2D eigenvalue weighted by Gasteiger charge is -2.04. The maximum atomic E-state index is 13.6. The van der Waals surface area contributed by atoms with E-state index in [0.717, 1.165) is 12.1 Å². The molecular formula is C13H16FN3. The molecule has 0 fully saturated rings. The molecule has 0 bridgehead atoms. The van der Waals surface area contributed by atoms with Gasteiger partial charge in [-0.15, -0.1) is 0 Å². The fraction of sp³-hybridized carbons (Fsp3) is 0.308. The molecule has 90 valence electrons. The third kappa shape index (κ3) is 2.46. The molecule has 0 saturated heterocycles. The molecule has 3 nitrogen and oxygen atoms in total. The molecular weight excluding hydrogens is 217 g/mol. The Labute approximate surface area is 100 Å². The number of para-hydroxylation sites is 1. The number of nitrogen functional groups attached to an aromatic ring is 1. The van der Waals surface area contributed by atoms with Gasteiger partial charge in [-0.1, -0.05) is 26.0 Å². The van der Waals surface area contributed by atoms with E-state index >= 15 is 0 Å². The second-order valence-corrected chi connectivity index (χ2v) is 4.52. The van der Waals surface area contributed by atoms with E-state index in [-0.39, 0.29) is 5.82 Å². The molecule has 0 aliphatic carbocycles. The van der Waals surface area contributed by atoms with Gasteiger partial charge in [-0.2, -0.15) is 5.10 Å². The van der Waals surface area contributed by atoms with Crippen LogP contribution in [0.1, 0.15) is 19.5 Å². The van der Waals surface area contributed by atoms with Gasteiger partial charge in [0.2, 0.25) is 0 Å². The van der Waals surface area contributed by atoms with Crippen molar-refractivity contribution in [2.24, 2.45) is 5.92 Å². The highest BCUT2D eigenvalue weighted by molar-refractivity contribution is 5.43. The van der Waals surface area contributed by atoms with Crippen molar-refractivity contribution < 1.29 is 4.39 Å². The van der Waals surface area contributed by atoms with E-state index < -0.39 is 0 Å². The molecule has 1 aromatic carbocycles. The van der Waals surface area contributed by atoms with E-state index in [4.69, 9.17) is 5.73 Å². The summed E-state index contributed by atoms with van der Waals surface area (Å²) in [5, 5.41) is 4.33. The predicted molar refractivity (Wildman–Crippen MR) is 66.5 cm³/mol. The standard InChI is InChI=1S/C13H16FN3/c1-9(2)7-10-8-13(15)17(16-10)12-6-4-3-5-11(12)14/h3-6,8-9H,7,15H2,1-2H3. The molecule has 2 aromatic rings. The molecule has 0 unspecified atom stereocenters. The SMILES string of the molecule is CC(C)Cc1cc(N)n(-c2ccccc2F)n1. The van der Waals surface area contributed by atoms with Gasteiger partial charge in [0, 0.05) is 6.07 Å². The van der Waals surface area contributed by atoms with Crippen LogP contribution in [0.3, 0.4) is 0 Å². The topological polar surface area (TPSA) is 43.8 Å². The Kier molecular flexibility index (Phi) is 3.13. The highest BCUT2D eigenvalue weighted by Gasteiger charge is 2.11. The van der Waals surface area contributed by atoms with E-state index in [2.05, 4.69) is 18.9 Å². The summed E-state index contributed by atoms with van der Waals surface area (Å²) < 4.78 is 15.1. The van der Waals surface area contributed by atoms with Crippen LogP contribution in [0.15, 0.2) is 30.3 Å². The van der Waals surface area contributed by atoms with Crippen molar-refractivity contribution in [3.63, 3.8) is 0 Å². The molecule has 0 saturated carbocycles. The smallest absolute Gasteiger partial charge is 0.148 e. The molecule has 0 aliphatic rings. The summed E-state index contributed by atoms with van der Waals surface area (Å²) in [6.45, 7) is 4.22. The number of rotatable bonds is 3. The quantitative estimate of drug-likeness (QED) is 0.885. The zero-order valence-corrected chi connectivity index (χ0v) is 10.0. The lowest BCUT2D eigenvalue weighted by molar-refractivity contribution is 0.603. The summed E-state index contributed by atoms with van der Waals surface area (Å²) in [6.07, 6.45) is 0.839. The molecule has 0 amide bonds. The van der Waals surface area contributed by atoms with E-state index in [1.807, 2.05) is 0 Å². The molecule has 1 aromatic heterocycles. The van der Waals surface area contributed by atoms with Gasteiger partial charge in [-0.25, -0.2) is 9.07 Å². The summed E-state index contributed by atoms with van der Waals surface area (Å²) >= 11 is 0. The average molecular weight is 233 g/mol. The Balaban J connectivity index is 2.40. The monoisotopic (exact) mass is 233 g/mol. The van der Waals surface area contributed by atoms with Crippen molar-refractivity contribution in [2.75, 3.05) is 5.73 Å². The first-order chi connectivity index (χ1) is 8.08. The van der Waals surface area contributed by atoms with Gasteiger partial charge < -0.3 is 5.73 Å². The molecule has 2 N–H and O–H groups in total. The second-order valence-electron chi connectivity index (χ2n) is 4.52. The third-order valence-corrected chi connectivity index (χ3v) is 2.49. The Bertz CT molecular complexity index is 517. The van der Waals surface area contributed by atoms with Crippen LogP contribution in [-0.4, -0.2) is 9.78 Å². The molecule has 4 heteroatoms. The van der Waals surface area contributed by atoms with Crippen molar-refractivity contribution in [3.8, 4) is 5.69 Å². The van der Waals surface area contributed by atoms with E-state index in [1.165, 1.54) is 10.7 Å². The first-order valence-electron chi connectivity index (χ1n) is 5.67. The Morgan fingerprint density at radius 3 is 2.71 bits per heavy atom. The lowest BCUT2D eigenvalue weighted by Crippen LogP contribution is -2.04. The zero-order chi connectivity index (χ0) is 12.4. The number of hydrogen-bond donors (Lipinski definition) is 1. The summed E-state index contributed by atoms with van der Waals surface area (Å²) in [5.74, 6) is 0.641. The summed E-state index contributed by atoms with van der Waals surface area (Å²) in [4.78, 5) is 0. The van der Waals surface area contributed by atoms with Crippen LogP contribution in [0, 0.1) is 11.7 Å². The summed E-state index contributed by atoms with van der Waals surface area (Å²) in [7, 11) is 0. The number of benzene rings is 1. The Morgan fingerprint density at radius 2 is 2.06 bits per heavy atom. The number of halogens is 1. The first kappa shape index (κ1) is 11.6. The van der Waals surface area contributed by atoms with Crippen LogP contribution >= 0.6 is 0 Å². The zero-order valence-electron chi connectivity index (χ0n) is 10.0. The minimum absolute atomic E-state index is 0.321. The van der Waals surface area contributed by atoms with Gasteiger partial charge in [0.05, 0.1) is 5.69 Å². The number of hydrogen-bond acceptors (Lipinski definition) is 2. The van der Waals surface area contributed by atoms with Gasteiger partial charge >= 0.3 is 0 Å². The molecule has 1 heterocycles. The fourth-order valence-electron chi connectivity index (χ4n) is 1.78. The molecule has 17 heavy (non-hydrogen) atoms. The van der Waals surface area contributed by atoms with Crippen molar-refractivity contribution >= 4 is 5.82 Å². The maximum absolute atomic E-state index is 13.6. The van der Waals surface area contributed by atoms with Crippen LogP contribution in [-0.2, 0) is 6.42 Å². The highest BCUT2D eigenvalue weighted by atomic mass is 19.1. The molecule has 0 radical (unpaired) electrons. The van der Waals surface area contributed by atoms with E-state index in [1.54, 1.807) is 24.3 Å². The van der Waals surface area contributed by atoms with Gasteiger partial charge in [-0.05, 0) is 24.5 Å². The maximum Gasteiger partial charge on any atom is 0.148 e. The van der Waals surface area contributed by atoms with Gasteiger partial charge in [-0.3, -0.25) is 0 Å². The van der Waals surface area contributed by atoms with Crippen molar-refractivity contribution in [1.29, 1.82) is 0 Å². The van der Waals surface area contributed by atoms with Crippen LogP contribution in [0.2, 0.25) is 0 Å². The van der Waals surface area contributed by atoms with Crippen molar-refractivity contribution in [3.05, 3.63) is 41.8 Å². The van der Waals surface area contributed by atoms with Crippen molar-refractivity contribution in [2.45, 2.75) is 20.3 Å². The lowest BCUT2D eigenvalue weighted by atomic mass is 10.1.